The van der Waals surface area contributed by atoms with Crippen LogP contribution in [-0.4, -0.2) is 67.5 Å². The van der Waals surface area contributed by atoms with E-state index >= 15 is 0 Å². The molecule has 1 atom stereocenters. The van der Waals surface area contributed by atoms with E-state index in [0.717, 1.165) is 10.5 Å². The van der Waals surface area contributed by atoms with E-state index in [-0.39, 0.29) is 23.5 Å². The third kappa shape index (κ3) is 5.69. The van der Waals surface area contributed by atoms with Gasteiger partial charge in [0.05, 0.1) is 26.1 Å². The van der Waals surface area contributed by atoms with Gasteiger partial charge in [0.2, 0.25) is 11.8 Å². The van der Waals surface area contributed by atoms with Crippen LogP contribution in [0, 0.1) is 0 Å². The second-order valence-corrected chi connectivity index (χ2v) is 9.80. The number of alkyl halides is 2. The van der Waals surface area contributed by atoms with Gasteiger partial charge < -0.3 is 20.0 Å². The number of nitrogens with one attached hydrogen (secondary N) is 2. The summed E-state index contributed by atoms with van der Waals surface area (Å²) in [6.45, 7) is 0.0426. The Kier molecular flexibility index (Phi) is 7.12. The Bertz CT molecular complexity index is 1760. The number of carbonyl (C=O) groups is 2. The maximum absolute atomic E-state index is 13.7. The number of oxazole rings is 1. The lowest BCUT2D eigenvalue weighted by Gasteiger charge is -2.16. The maximum atomic E-state index is 13.7. The molecule has 0 saturated carbocycles. The van der Waals surface area contributed by atoms with Crippen LogP contribution in [0.25, 0.3) is 22.6 Å². The number of pyridine rings is 1. The molecule has 4 heterocycles. The fourth-order valence-corrected chi connectivity index (χ4v) is 4.72. The average Bonchev–Trinajstić information content (AvgIpc) is 3.68. The second-order valence-electron chi connectivity index (χ2n) is 9.80. The molecular formula is C28H25F2N9O3. The van der Waals surface area contributed by atoms with E-state index in [1.807, 2.05) is 30.3 Å². The van der Waals surface area contributed by atoms with Gasteiger partial charge in [-0.05, 0) is 41.1 Å². The molecule has 6 rings (SSSR count). The van der Waals surface area contributed by atoms with E-state index in [0.29, 0.717) is 41.3 Å². The minimum atomic E-state index is -3.07. The first-order valence-corrected chi connectivity index (χ1v) is 13.1. The van der Waals surface area contributed by atoms with Crippen molar-refractivity contribution < 1.29 is 22.8 Å². The number of hydrogen-bond acceptors (Lipinski definition) is 9. The molecule has 2 N–H and O–H groups in total. The summed E-state index contributed by atoms with van der Waals surface area (Å²) >= 11 is 0. The minimum absolute atomic E-state index is 0.163. The number of carbonyl (C=O) groups excluding carboxylic acids is 2. The number of hydrogen-bond donors (Lipinski definition) is 2. The summed E-state index contributed by atoms with van der Waals surface area (Å²) in [4.78, 5) is 36.0. The number of benzene rings is 2. The zero-order valence-electron chi connectivity index (χ0n) is 22.4. The lowest BCUT2D eigenvalue weighted by Crippen LogP contribution is -2.34. The monoisotopic (exact) mass is 573 g/mol. The molecule has 0 bridgehead atoms. The van der Waals surface area contributed by atoms with Crippen LogP contribution in [0.15, 0.2) is 71.3 Å². The minimum Gasteiger partial charge on any atom is -0.436 e. The van der Waals surface area contributed by atoms with Crippen LogP contribution in [0.1, 0.15) is 34.3 Å². The molecule has 2 aromatic carbocycles. The van der Waals surface area contributed by atoms with Crippen molar-refractivity contribution in [3.05, 3.63) is 83.9 Å². The van der Waals surface area contributed by atoms with Gasteiger partial charge in [0.1, 0.15) is 11.2 Å². The quantitative estimate of drug-likeness (QED) is 0.254. The highest BCUT2D eigenvalue weighted by atomic mass is 19.3. The summed E-state index contributed by atoms with van der Waals surface area (Å²) in [6, 6.07) is 17.2. The van der Waals surface area contributed by atoms with Gasteiger partial charge in [0.25, 0.3) is 11.8 Å². The first-order valence-electron chi connectivity index (χ1n) is 13.1. The van der Waals surface area contributed by atoms with E-state index in [9.17, 15) is 18.4 Å². The molecule has 1 aliphatic heterocycles. The summed E-state index contributed by atoms with van der Waals surface area (Å²) in [5, 5.41) is 18.5. The number of halogens is 2. The van der Waals surface area contributed by atoms with Gasteiger partial charge in [-0.25, -0.2) is 13.8 Å². The number of aryl methyl sites for hydroxylation is 1. The normalized spacial score (nSPS) is 15.3. The van der Waals surface area contributed by atoms with Crippen LogP contribution < -0.4 is 15.5 Å². The van der Waals surface area contributed by atoms with Gasteiger partial charge in [-0.1, -0.05) is 30.3 Å². The number of anilines is 1. The third-order valence-electron chi connectivity index (χ3n) is 6.70. The van der Waals surface area contributed by atoms with E-state index in [1.54, 1.807) is 31.3 Å². The highest BCUT2D eigenvalue weighted by molar-refractivity contribution is 5.98. The van der Waals surface area contributed by atoms with Crippen molar-refractivity contribution in [1.29, 1.82) is 0 Å². The molecule has 1 unspecified atom stereocenters. The molecule has 5 aromatic rings. The molecule has 12 nitrogen and oxygen atoms in total. The number of nitrogens with zero attached hydrogens (tertiary/aromatic N) is 7. The van der Waals surface area contributed by atoms with Gasteiger partial charge >= 0.3 is 0 Å². The molecule has 0 spiro atoms. The van der Waals surface area contributed by atoms with E-state index in [1.165, 1.54) is 17.1 Å². The van der Waals surface area contributed by atoms with E-state index < -0.39 is 24.8 Å². The summed E-state index contributed by atoms with van der Waals surface area (Å²) in [5.41, 5.74) is 2.75. The Morgan fingerprint density at radius 3 is 2.69 bits per heavy atom. The number of tetrazole rings is 1. The van der Waals surface area contributed by atoms with Gasteiger partial charge in [-0.3, -0.25) is 14.6 Å². The van der Waals surface area contributed by atoms with Gasteiger partial charge in [-0.2, -0.15) is 4.80 Å². The molecule has 1 saturated heterocycles. The lowest BCUT2D eigenvalue weighted by molar-refractivity contribution is -0.119. The molecule has 1 aliphatic rings. The zero-order chi connectivity index (χ0) is 29.3. The van der Waals surface area contributed by atoms with Crippen molar-refractivity contribution in [2.24, 2.45) is 7.05 Å². The first kappa shape index (κ1) is 27.1. The largest absolute Gasteiger partial charge is 0.436 e. The summed E-state index contributed by atoms with van der Waals surface area (Å²) in [5.74, 6) is -3.37. The Morgan fingerprint density at radius 2 is 1.95 bits per heavy atom. The third-order valence-corrected chi connectivity index (χ3v) is 6.70. The molecule has 2 amide bonds. The van der Waals surface area contributed by atoms with Crippen LogP contribution in [0.5, 0.6) is 0 Å². The molecule has 3 aromatic heterocycles. The van der Waals surface area contributed by atoms with E-state index in [4.69, 9.17) is 4.42 Å². The van der Waals surface area contributed by atoms with Crippen molar-refractivity contribution in [3.8, 4) is 11.5 Å². The molecular weight excluding hydrogens is 548 g/mol. The number of fused-ring (bicyclic) bond motifs is 1. The number of aromatic nitrogens is 6. The summed E-state index contributed by atoms with van der Waals surface area (Å²) < 4.78 is 33.2. The smallest absolute Gasteiger partial charge is 0.274 e. The standard InChI is InChI=1S/C28H25F2N9O3/c1-38-36-25(35-37-38)24(17-5-3-2-4-6-17)32-11-12-33-26(41)21-13-18(9-10-31-21)27-34-20-14-19(7-8-22(20)42-27)39-16-28(29,30)15-23(39)40/h2-10,13-14,24,32H,11-12,15-16H2,1H3,(H,33,41). The SMILES string of the molecule is Cn1nnc(C(NCCNC(=O)c2cc(-c3nc4cc(N5CC(F)(F)CC5=O)ccc4o3)ccn2)c2ccccc2)n1. The van der Waals surface area contributed by atoms with Crippen molar-refractivity contribution in [2.45, 2.75) is 18.4 Å². The second kappa shape index (κ2) is 11.0. The number of amides is 2. The van der Waals surface area contributed by atoms with Crippen LogP contribution in [0.3, 0.4) is 0 Å². The van der Waals surface area contributed by atoms with Crippen LogP contribution >= 0.6 is 0 Å². The van der Waals surface area contributed by atoms with Crippen molar-refractivity contribution in [2.75, 3.05) is 24.5 Å². The zero-order valence-corrected chi connectivity index (χ0v) is 22.4. The highest BCUT2D eigenvalue weighted by Crippen LogP contribution is 2.34. The van der Waals surface area contributed by atoms with Crippen molar-refractivity contribution in [3.63, 3.8) is 0 Å². The van der Waals surface area contributed by atoms with Crippen molar-refractivity contribution in [1.82, 2.24) is 40.8 Å². The van der Waals surface area contributed by atoms with E-state index in [2.05, 4.69) is 36.0 Å². The Hall–Kier alpha value is -5.11. The van der Waals surface area contributed by atoms with Gasteiger partial charge in [0.15, 0.2) is 11.4 Å². The highest BCUT2D eigenvalue weighted by Gasteiger charge is 2.44. The molecule has 1 fully saturated rings. The lowest BCUT2D eigenvalue weighted by atomic mass is 10.1. The molecule has 14 heteroatoms. The Morgan fingerprint density at radius 1 is 1.12 bits per heavy atom. The number of rotatable bonds is 9. The maximum Gasteiger partial charge on any atom is 0.274 e. The Balaban J connectivity index is 1.11. The molecule has 0 aliphatic carbocycles. The first-order chi connectivity index (χ1) is 20.3. The summed E-state index contributed by atoms with van der Waals surface area (Å²) in [7, 11) is 1.69. The molecule has 214 valence electrons. The molecule has 0 radical (unpaired) electrons. The fourth-order valence-electron chi connectivity index (χ4n) is 4.72. The molecule has 42 heavy (non-hydrogen) atoms. The van der Waals surface area contributed by atoms with Crippen LogP contribution in [0.4, 0.5) is 14.5 Å². The Labute approximate surface area is 237 Å². The van der Waals surface area contributed by atoms with Crippen LogP contribution in [-0.2, 0) is 11.8 Å². The van der Waals surface area contributed by atoms with Gasteiger partial charge in [-0.15, -0.1) is 10.2 Å². The van der Waals surface area contributed by atoms with Crippen LogP contribution in [0.2, 0.25) is 0 Å². The fraction of sp³-hybridized carbons (Fsp3) is 0.250. The predicted octanol–water partition coefficient (Wildman–Crippen LogP) is 2.89. The summed E-state index contributed by atoms with van der Waals surface area (Å²) in [6.07, 6.45) is 0.651. The average molecular weight is 574 g/mol. The topological polar surface area (TPSA) is 144 Å². The van der Waals surface area contributed by atoms with Crippen molar-refractivity contribution >= 4 is 28.6 Å². The predicted molar refractivity (Wildman–Crippen MR) is 147 cm³/mol. The van der Waals surface area contributed by atoms with Gasteiger partial charge in [0, 0.05) is 30.5 Å².